The summed E-state index contributed by atoms with van der Waals surface area (Å²) in [5.41, 5.74) is 0.139. The Morgan fingerprint density at radius 2 is 1.56 bits per heavy atom. The van der Waals surface area contributed by atoms with Gasteiger partial charge in [-0.1, -0.05) is 0 Å². The van der Waals surface area contributed by atoms with Crippen molar-refractivity contribution in [2.75, 3.05) is 13.2 Å². The van der Waals surface area contributed by atoms with Crippen molar-refractivity contribution >= 4 is 11.0 Å². The van der Waals surface area contributed by atoms with Gasteiger partial charge in [-0.2, -0.15) is 0 Å². The lowest BCUT2D eigenvalue weighted by atomic mass is 9.98. The molecule has 3 aromatic rings. The average molecular weight is 582 g/mol. The maximum atomic E-state index is 10.9. The van der Waals surface area contributed by atoms with E-state index in [1.54, 1.807) is 0 Å². The molecule has 0 spiro atoms. The predicted octanol–water partition coefficient (Wildman–Crippen LogP) is -1.15. The van der Waals surface area contributed by atoms with Crippen molar-refractivity contribution in [3.8, 4) is 40.1 Å². The van der Waals surface area contributed by atoms with E-state index in [0.29, 0.717) is 0 Å². The Hall–Kier alpha value is -3.51. The Kier molecular flexibility index (Phi) is 8.06. The molecule has 15 nitrogen and oxygen atoms in total. The summed E-state index contributed by atoms with van der Waals surface area (Å²) in [5, 5.41) is 101. The summed E-state index contributed by atoms with van der Waals surface area (Å²) in [5.74, 6) is -1.98. The van der Waals surface area contributed by atoms with Crippen molar-refractivity contribution in [1.29, 1.82) is 0 Å². The van der Waals surface area contributed by atoms with Crippen LogP contribution in [0.1, 0.15) is 0 Å². The minimum atomic E-state index is -1.80. The molecule has 0 bridgehead atoms. The zero-order valence-electron chi connectivity index (χ0n) is 21.1. The van der Waals surface area contributed by atoms with E-state index in [1.807, 2.05) is 0 Å². The summed E-state index contributed by atoms with van der Waals surface area (Å²) in [7, 11) is 0. The van der Waals surface area contributed by atoms with Gasteiger partial charge in [0.15, 0.2) is 23.9 Å². The molecule has 2 aliphatic heterocycles. The minimum absolute atomic E-state index is 0.00950. The van der Waals surface area contributed by atoms with Crippen molar-refractivity contribution in [3.63, 3.8) is 0 Å². The number of hydrogen-bond acceptors (Lipinski definition) is 14. The number of ether oxygens (including phenoxy) is 4. The lowest BCUT2D eigenvalue weighted by Gasteiger charge is -2.44. The number of phenols is 4. The van der Waals surface area contributed by atoms with Crippen LogP contribution in [0.4, 0.5) is 0 Å². The van der Waals surface area contributed by atoms with E-state index < -0.39 is 85.8 Å². The summed E-state index contributed by atoms with van der Waals surface area (Å²) >= 11 is 0. The van der Waals surface area contributed by atoms with Crippen LogP contribution in [0.2, 0.25) is 0 Å². The van der Waals surface area contributed by atoms with Crippen molar-refractivity contribution < 1.29 is 74.4 Å². The van der Waals surface area contributed by atoms with E-state index in [9.17, 15) is 51.1 Å². The van der Waals surface area contributed by atoms with Gasteiger partial charge in [0.25, 0.3) is 0 Å². The van der Waals surface area contributed by atoms with Gasteiger partial charge in [-0.05, 0) is 12.1 Å². The molecule has 0 radical (unpaired) electrons. The molecule has 1 aromatic heterocycles. The summed E-state index contributed by atoms with van der Waals surface area (Å²) in [6.07, 6.45) is -14.6. The van der Waals surface area contributed by atoms with Crippen LogP contribution in [0.5, 0.6) is 28.7 Å². The number of aromatic hydroxyl groups is 4. The number of benzene rings is 2. The fraction of sp³-hybridized carbons (Fsp3) is 0.423. The third-order valence-corrected chi connectivity index (χ3v) is 6.87. The van der Waals surface area contributed by atoms with Crippen molar-refractivity contribution in [2.45, 2.75) is 55.3 Å². The molecule has 15 heteroatoms. The molecule has 0 saturated carbocycles. The van der Waals surface area contributed by atoms with Gasteiger partial charge in [0.2, 0.25) is 12.0 Å². The van der Waals surface area contributed by atoms with Crippen LogP contribution in [0.25, 0.3) is 22.3 Å². The minimum Gasteiger partial charge on any atom is -0.507 e. The topological polar surface area (TPSA) is 251 Å². The summed E-state index contributed by atoms with van der Waals surface area (Å²) in [6, 6.07) is 7.19. The Bertz CT molecular complexity index is 1400. The predicted molar refractivity (Wildman–Crippen MR) is 134 cm³/mol. The molecular formula is C26H29O15+. The van der Waals surface area contributed by atoms with Crippen LogP contribution >= 0.6 is 0 Å². The molecular weight excluding hydrogens is 552 g/mol. The van der Waals surface area contributed by atoms with E-state index >= 15 is 0 Å². The number of rotatable bonds is 6. The van der Waals surface area contributed by atoms with Crippen molar-refractivity contribution in [1.82, 2.24) is 0 Å². The second-order valence-electron chi connectivity index (χ2n) is 9.70. The van der Waals surface area contributed by atoms with Gasteiger partial charge in [0.1, 0.15) is 53.5 Å². The first-order valence-electron chi connectivity index (χ1n) is 12.4. The normalized spacial score (nSPS) is 32.2. The first-order valence-corrected chi connectivity index (χ1v) is 12.4. The molecule has 0 aliphatic carbocycles. The van der Waals surface area contributed by atoms with E-state index in [4.69, 9.17) is 23.4 Å². The molecule has 2 saturated heterocycles. The first kappa shape index (κ1) is 29.0. The van der Waals surface area contributed by atoms with Gasteiger partial charge in [0, 0.05) is 18.2 Å². The summed E-state index contributed by atoms with van der Waals surface area (Å²) in [4.78, 5) is 0. The van der Waals surface area contributed by atoms with Crippen LogP contribution in [0.15, 0.2) is 40.8 Å². The van der Waals surface area contributed by atoms with Gasteiger partial charge in [-0.3, -0.25) is 0 Å². The number of fused-ring (bicyclic) bond motifs is 1. The fourth-order valence-corrected chi connectivity index (χ4v) is 4.61. The van der Waals surface area contributed by atoms with Crippen molar-refractivity contribution in [2.24, 2.45) is 0 Å². The summed E-state index contributed by atoms with van der Waals surface area (Å²) < 4.78 is 28.5. The molecule has 0 unspecified atom stereocenters. The third-order valence-electron chi connectivity index (χ3n) is 6.87. The highest BCUT2D eigenvalue weighted by molar-refractivity contribution is 5.88. The van der Waals surface area contributed by atoms with E-state index in [2.05, 4.69) is 0 Å². The largest absolute Gasteiger partial charge is 0.507 e. The maximum absolute atomic E-state index is 10.9. The number of phenolic OH excluding ortho intramolecular Hbond substituents is 4. The van der Waals surface area contributed by atoms with Crippen LogP contribution in [0.3, 0.4) is 0 Å². The monoisotopic (exact) mass is 581 g/mol. The number of hydrogen-bond donors (Lipinski definition) is 10. The molecule has 41 heavy (non-hydrogen) atoms. The smallest absolute Gasteiger partial charge is 0.402 e. The zero-order valence-corrected chi connectivity index (χ0v) is 21.1. The highest BCUT2D eigenvalue weighted by atomic mass is 16.8. The second-order valence-corrected chi connectivity index (χ2v) is 9.70. The zero-order chi connectivity index (χ0) is 29.6. The first-order chi connectivity index (χ1) is 19.5. The molecule has 2 aromatic carbocycles. The molecule has 3 heterocycles. The highest BCUT2D eigenvalue weighted by Crippen LogP contribution is 2.42. The van der Waals surface area contributed by atoms with E-state index in [1.165, 1.54) is 24.3 Å². The van der Waals surface area contributed by atoms with Gasteiger partial charge in [-0.15, -0.1) is 0 Å². The molecule has 10 N–H and O–H groups in total. The van der Waals surface area contributed by atoms with Crippen LogP contribution < -0.4 is 4.74 Å². The van der Waals surface area contributed by atoms with Gasteiger partial charge >= 0.3 is 11.3 Å². The van der Waals surface area contributed by atoms with Gasteiger partial charge < -0.3 is 70.0 Å². The molecule has 2 aliphatic rings. The van der Waals surface area contributed by atoms with E-state index in [-0.39, 0.29) is 33.8 Å². The number of aliphatic hydroxyl groups excluding tert-OH is 6. The van der Waals surface area contributed by atoms with Gasteiger partial charge in [-0.25, -0.2) is 4.42 Å². The number of aliphatic hydroxyl groups is 6. The average Bonchev–Trinajstić information content (AvgIpc) is 2.94. The SMILES string of the molecule is OC[C@H]1O[C@@H](Oc2cc3c(O)cc(O)cc3[o+]c2-c2ccc(O)c(O)c2)[C@H](O[C@@H]2OC[C@@H](O)[C@H](O)[C@H]2O)[C@@H](O)[C@@H]1O. The lowest BCUT2D eigenvalue weighted by Crippen LogP contribution is -2.63. The standard InChI is InChI=1S/C26H28O15/c27-7-18-20(34)21(35)24(41-25-22(36)19(33)15(32)8-37-25)26(40-18)39-17-6-11-13(30)4-10(28)5-16(11)38-23(17)9-1-2-12(29)14(31)3-9/h1-6,15,18-22,24-27,32-36H,7-8H2,(H3-,28,29,30,31)/p+1/t15-,18-,19+,20-,21+,22-,24-,25+,26-/m1/s1. The van der Waals surface area contributed by atoms with Gasteiger partial charge in [0.05, 0.1) is 24.8 Å². The van der Waals surface area contributed by atoms with E-state index in [0.717, 1.165) is 12.1 Å². The molecule has 222 valence electrons. The second kappa shape index (κ2) is 11.4. The highest BCUT2D eigenvalue weighted by Gasteiger charge is 2.50. The lowest BCUT2D eigenvalue weighted by molar-refractivity contribution is -0.344. The van der Waals surface area contributed by atoms with Crippen LogP contribution in [-0.2, 0) is 14.2 Å². The summed E-state index contributed by atoms with van der Waals surface area (Å²) in [6.45, 7) is -1.18. The Morgan fingerprint density at radius 3 is 2.27 bits per heavy atom. The Balaban J connectivity index is 1.57. The maximum Gasteiger partial charge on any atom is 0.402 e. The Labute approximate surface area is 230 Å². The fourth-order valence-electron chi connectivity index (χ4n) is 4.61. The molecule has 0 amide bonds. The third kappa shape index (κ3) is 5.54. The molecule has 2 fully saturated rings. The molecule has 9 atom stereocenters. The Morgan fingerprint density at radius 1 is 0.805 bits per heavy atom. The molecule has 5 rings (SSSR count). The van der Waals surface area contributed by atoms with Crippen molar-refractivity contribution in [3.05, 3.63) is 36.4 Å². The van der Waals surface area contributed by atoms with Crippen LogP contribution in [-0.4, -0.2) is 120 Å². The van der Waals surface area contributed by atoms with Crippen LogP contribution in [0, 0.1) is 0 Å². The quantitative estimate of drug-likeness (QED) is 0.122.